The molecule has 4 nitrogen and oxygen atoms in total. The van der Waals surface area contributed by atoms with Crippen LogP contribution in [0.5, 0.6) is 0 Å². The van der Waals surface area contributed by atoms with Gasteiger partial charge in [-0.25, -0.2) is 0 Å². The molecule has 4 heteroatoms. The maximum Gasteiger partial charge on any atom is 0.286 e. The van der Waals surface area contributed by atoms with Gasteiger partial charge in [0.05, 0.1) is 6.26 Å². The molecule has 0 saturated carbocycles. The van der Waals surface area contributed by atoms with E-state index in [0.717, 1.165) is 26.1 Å². The lowest BCUT2D eigenvalue weighted by Crippen LogP contribution is -2.33. The molecule has 1 fully saturated rings. The molecule has 88 valence electrons. The molecular weight excluding hydrogens is 204 g/mol. The molecule has 1 aliphatic rings. The SMILES string of the molecule is O=C(NCCC1CCCNC1)c1ccco1. The lowest BCUT2D eigenvalue weighted by atomic mass is 9.96. The average Bonchev–Trinajstić information content (AvgIpc) is 2.84. The second-order valence-corrected chi connectivity index (χ2v) is 4.23. The average molecular weight is 222 g/mol. The Balaban J connectivity index is 1.66. The second kappa shape index (κ2) is 5.70. The minimum Gasteiger partial charge on any atom is -0.459 e. The molecule has 2 heterocycles. The van der Waals surface area contributed by atoms with Gasteiger partial charge < -0.3 is 15.1 Å². The Morgan fingerprint density at radius 3 is 3.25 bits per heavy atom. The van der Waals surface area contributed by atoms with E-state index in [2.05, 4.69) is 10.6 Å². The van der Waals surface area contributed by atoms with Crippen molar-refractivity contribution in [2.45, 2.75) is 19.3 Å². The van der Waals surface area contributed by atoms with Crippen molar-refractivity contribution in [1.82, 2.24) is 10.6 Å². The van der Waals surface area contributed by atoms with Gasteiger partial charge in [0.15, 0.2) is 5.76 Å². The Bertz CT molecular complexity index is 316. The van der Waals surface area contributed by atoms with Gasteiger partial charge in [0.25, 0.3) is 5.91 Å². The molecule has 0 bridgehead atoms. The topological polar surface area (TPSA) is 54.3 Å². The number of furan rings is 1. The third-order valence-corrected chi connectivity index (χ3v) is 2.98. The van der Waals surface area contributed by atoms with Crippen molar-refractivity contribution in [3.05, 3.63) is 24.2 Å². The van der Waals surface area contributed by atoms with Crippen molar-refractivity contribution in [1.29, 1.82) is 0 Å². The van der Waals surface area contributed by atoms with Crippen LogP contribution in [0, 0.1) is 5.92 Å². The van der Waals surface area contributed by atoms with Crippen LogP contribution in [0.1, 0.15) is 29.8 Å². The van der Waals surface area contributed by atoms with E-state index in [1.807, 2.05) is 0 Å². The van der Waals surface area contributed by atoms with Crippen LogP contribution in [0.15, 0.2) is 22.8 Å². The first-order chi connectivity index (χ1) is 7.86. The fourth-order valence-electron chi connectivity index (χ4n) is 2.06. The van der Waals surface area contributed by atoms with Gasteiger partial charge >= 0.3 is 0 Å². The third kappa shape index (κ3) is 3.10. The van der Waals surface area contributed by atoms with Gasteiger partial charge in [0, 0.05) is 6.54 Å². The summed E-state index contributed by atoms with van der Waals surface area (Å²) >= 11 is 0. The second-order valence-electron chi connectivity index (χ2n) is 4.23. The first kappa shape index (κ1) is 11.2. The normalized spacial score (nSPS) is 20.6. The fraction of sp³-hybridized carbons (Fsp3) is 0.583. The molecule has 0 aromatic carbocycles. The van der Waals surface area contributed by atoms with Gasteiger partial charge in [-0.05, 0) is 50.4 Å². The fourth-order valence-corrected chi connectivity index (χ4v) is 2.06. The lowest BCUT2D eigenvalue weighted by molar-refractivity contribution is 0.0923. The maximum absolute atomic E-state index is 11.5. The zero-order chi connectivity index (χ0) is 11.2. The summed E-state index contributed by atoms with van der Waals surface area (Å²) in [6, 6.07) is 3.40. The van der Waals surface area contributed by atoms with Crippen LogP contribution in [-0.2, 0) is 0 Å². The van der Waals surface area contributed by atoms with Crippen LogP contribution in [0.25, 0.3) is 0 Å². The van der Waals surface area contributed by atoms with Crippen LogP contribution in [0.3, 0.4) is 0 Å². The number of carbonyl (C=O) groups is 1. The van der Waals surface area contributed by atoms with E-state index < -0.39 is 0 Å². The summed E-state index contributed by atoms with van der Waals surface area (Å²) in [5, 5.41) is 6.24. The summed E-state index contributed by atoms with van der Waals surface area (Å²) in [6.45, 7) is 2.94. The monoisotopic (exact) mass is 222 g/mol. The molecule has 1 aromatic rings. The first-order valence-corrected chi connectivity index (χ1v) is 5.88. The highest BCUT2D eigenvalue weighted by atomic mass is 16.3. The molecule has 1 amide bonds. The van der Waals surface area contributed by atoms with Crippen LogP contribution >= 0.6 is 0 Å². The first-order valence-electron chi connectivity index (χ1n) is 5.88. The molecular formula is C12H18N2O2. The minimum atomic E-state index is -0.117. The van der Waals surface area contributed by atoms with Crippen molar-refractivity contribution in [3.63, 3.8) is 0 Å². The van der Waals surface area contributed by atoms with Gasteiger partial charge in [-0.15, -0.1) is 0 Å². The van der Waals surface area contributed by atoms with E-state index in [1.54, 1.807) is 12.1 Å². The van der Waals surface area contributed by atoms with Crippen LogP contribution < -0.4 is 10.6 Å². The van der Waals surface area contributed by atoms with Gasteiger partial charge in [0.2, 0.25) is 0 Å². The third-order valence-electron chi connectivity index (χ3n) is 2.98. The number of carbonyl (C=O) groups excluding carboxylic acids is 1. The van der Waals surface area contributed by atoms with E-state index in [1.165, 1.54) is 19.1 Å². The minimum absolute atomic E-state index is 0.117. The number of hydrogen-bond donors (Lipinski definition) is 2. The van der Waals surface area contributed by atoms with Gasteiger partial charge in [0.1, 0.15) is 0 Å². The summed E-state index contributed by atoms with van der Waals surface area (Å²) in [5.41, 5.74) is 0. The van der Waals surface area contributed by atoms with Crippen LogP contribution in [0.4, 0.5) is 0 Å². The van der Waals surface area contributed by atoms with Crippen LogP contribution in [-0.4, -0.2) is 25.5 Å². The van der Waals surface area contributed by atoms with Crippen molar-refractivity contribution < 1.29 is 9.21 Å². The van der Waals surface area contributed by atoms with Crippen molar-refractivity contribution >= 4 is 5.91 Å². The molecule has 0 aliphatic carbocycles. The largest absolute Gasteiger partial charge is 0.459 e. The number of amides is 1. The summed E-state index contributed by atoms with van der Waals surface area (Å²) in [7, 11) is 0. The number of nitrogens with one attached hydrogen (secondary N) is 2. The zero-order valence-electron chi connectivity index (χ0n) is 9.37. The van der Waals surface area contributed by atoms with E-state index in [-0.39, 0.29) is 5.91 Å². The Labute approximate surface area is 95.4 Å². The predicted molar refractivity (Wildman–Crippen MR) is 61.3 cm³/mol. The molecule has 0 radical (unpaired) electrons. The summed E-state index contributed by atoms with van der Waals surface area (Å²) in [6.07, 6.45) is 5.07. The van der Waals surface area contributed by atoms with Gasteiger partial charge in [-0.2, -0.15) is 0 Å². The molecule has 1 saturated heterocycles. The van der Waals surface area contributed by atoms with Crippen molar-refractivity contribution in [2.75, 3.05) is 19.6 Å². The Morgan fingerprint density at radius 2 is 2.56 bits per heavy atom. The molecule has 1 aliphatic heterocycles. The number of piperidine rings is 1. The molecule has 2 N–H and O–H groups in total. The van der Waals surface area contributed by atoms with Gasteiger partial charge in [-0.3, -0.25) is 4.79 Å². The lowest BCUT2D eigenvalue weighted by Gasteiger charge is -2.22. The van der Waals surface area contributed by atoms with Crippen LogP contribution in [0.2, 0.25) is 0 Å². The Hall–Kier alpha value is -1.29. The van der Waals surface area contributed by atoms with E-state index in [4.69, 9.17) is 4.42 Å². The zero-order valence-corrected chi connectivity index (χ0v) is 9.37. The smallest absolute Gasteiger partial charge is 0.286 e. The highest BCUT2D eigenvalue weighted by Gasteiger charge is 2.13. The number of rotatable bonds is 4. The van der Waals surface area contributed by atoms with E-state index >= 15 is 0 Å². The molecule has 1 atom stereocenters. The Kier molecular flexibility index (Phi) is 3.99. The summed E-state index contributed by atoms with van der Waals surface area (Å²) in [4.78, 5) is 11.5. The van der Waals surface area contributed by atoms with Gasteiger partial charge in [-0.1, -0.05) is 0 Å². The highest BCUT2D eigenvalue weighted by molar-refractivity contribution is 5.91. The molecule has 1 unspecified atom stereocenters. The quantitative estimate of drug-likeness (QED) is 0.809. The molecule has 1 aromatic heterocycles. The van der Waals surface area contributed by atoms with E-state index in [0.29, 0.717) is 11.7 Å². The molecule has 2 rings (SSSR count). The number of hydrogen-bond acceptors (Lipinski definition) is 3. The standard InChI is InChI=1S/C12H18N2O2/c15-12(11-4-2-8-16-11)14-7-5-10-3-1-6-13-9-10/h2,4,8,10,13H,1,3,5-7,9H2,(H,14,15). The van der Waals surface area contributed by atoms with E-state index in [9.17, 15) is 4.79 Å². The predicted octanol–water partition coefficient (Wildman–Crippen LogP) is 1.40. The summed E-state index contributed by atoms with van der Waals surface area (Å²) in [5.74, 6) is 0.973. The maximum atomic E-state index is 11.5. The molecule has 0 spiro atoms. The highest BCUT2D eigenvalue weighted by Crippen LogP contribution is 2.12. The molecule has 16 heavy (non-hydrogen) atoms. The summed E-state index contributed by atoms with van der Waals surface area (Å²) < 4.78 is 5.01. The van der Waals surface area contributed by atoms with Crippen molar-refractivity contribution in [2.24, 2.45) is 5.92 Å². The Morgan fingerprint density at radius 1 is 1.62 bits per heavy atom. The van der Waals surface area contributed by atoms with Crippen molar-refractivity contribution in [3.8, 4) is 0 Å².